The van der Waals surface area contributed by atoms with Gasteiger partial charge in [-0.25, -0.2) is 0 Å². The van der Waals surface area contributed by atoms with Gasteiger partial charge in [-0.2, -0.15) is 13.2 Å². The second-order valence-electron chi connectivity index (χ2n) is 6.04. The van der Waals surface area contributed by atoms with E-state index in [9.17, 15) is 13.2 Å². The van der Waals surface area contributed by atoms with Gasteiger partial charge >= 0.3 is 6.18 Å². The lowest BCUT2D eigenvalue weighted by atomic mass is 9.87. The molecule has 4 rings (SSSR count). The first-order valence-electron chi connectivity index (χ1n) is 7.89. The van der Waals surface area contributed by atoms with Crippen LogP contribution in [-0.2, 0) is 19.0 Å². The molecule has 0 radical (unpaired) electrons. The molecule has 0 bridgehead atoms. The van der Waals surface area contributed by atoms with Crippen LogP contribution in [-0.4, -0.2) is 5.16 Å². The van der Waals surface area contributed by atoms with Crippen molar-refractivity contribution >= 4 is 6.08 Å². The molecule has 0 fully saturated rings. The van der Waals surface area contributed by atoms with E-state index in [1.807, 2.05) is 12.1 Å². The molecule has 1 aromatic heterocycles. The summed E-state index contributed by atoms with van der Waals surface area (Å²) in [5, 5.41) is 4.14. The fourth-order valence-electron chi connectivity index (χ4n) is 3.25. The van der Waals surface area contributed by atoms with Crippen LogP contribution in [0.4, 0.5) is 13.2 Å². The van der Waals surface area contributed by atoms with Gasteiger partial charge in [0.15, 0.2) is 5.76 Å². The van der Waals surface area contributed by atoms with Crippen LogP contribution < -0.4 is 0 Å². The van der Waals surface area contributed by atoms with Gasteiger partial charge in [-0.15, -0.1) is 0 Å². The van der Waals surface area contributed by atoms with Crippen molar-refractivity contribution in [3.05, 3.63) is 71.3 Å². The van der Waals surface area contributed by atoms with Crippen molar-refractivity contribution in [3.63, 3.8) is 0 Å². The Hall–Kier alpha value is -2.82. The van der Waals surface area contributed by atoms with Gasteiger partial charge in [0, 0.05) is 16.7 Å². The molecule has 0 atom stereocenters. The van der Waals surface area contributed by atoms with Crippen molar-refractivity contribution in [1.29, 1.82) is 0 Å². The fourth-order valence-corrected chi connectivity index (χ4v) is 3.25. The Bertz CT molecular complexity index is 969. The van der Waals surface area contributed by atoms with Gasteiger partial charge in [-0.1, -0.05) is 48.1 Å². The molecule has 1 heterocycles. The van der Waals surface area contributed by atoms with E-state index < -0.39 is 11.7 Å². The first-order chi connectivity index (χ1) is 12.0. The minimum atomic E-state index is -4.39. The number of nitrogens with zero attached hydrogens (tertiary/aromatic N) is 1. The second kappa shape index (κ2) is 5.62. The van der Waals surface area contributed by atoms with Crippen molar-refractivity contribution in [2.24, 2.45) is 0 Å². The molecule has 5 heteroatoms. The maximum Gasteiger partial charge on any atom is 0.416 e. The fraction of sp³-hybridized carbons (Fsp3) is 0.150. The van der Waals surface area contributed by atoms with Gasteiger partial charge in [0.2, 0.25) is 0 Å². The Labute approximate surface area is 142 Å². The Kier molecular flexibility index (Phi) is 3.53. The second-order valence-corrected chi connectivity index (χ2v) is 6.04. The third-order valence-electron chi connectivity index (χ3n) is 4.50. The monoisotopic (exact) mass is 341 g/mol. The molecule has 1 aliphatic rings. The molecule has 2 aromatic carbocycles. The zero-order chi connectivity index (χ0) is 17.6. The van der Waals surface area contributed by atoms with Crippen LogP contribution in [0.5, 0.6) is 0 Å². The molecule has 0 amide bonds. The lowest BCUT2D eigenvalue weighted by Gasteiger charge is -2.16. The summed E-state index contributed by atoms with van der Waals surface area (Å²) in [7, 11) is 0. The zero-order valence-corrected chi connectivity index (χ0v) is 13.2. The minimum absolute atomic E-state index is 0.398. The van der Waals surface area contributed by atoms with Crippen molar-refractivity contribution in [2.45, 2.75) is 19.0 Å². The number of hydrogen-bond acceptors (Lipinski definition) is 2. The summed E-state index contributed by atoms with van der Waals surface area (Å²) in [6.07, 6.45) is -1.13. The lowest BCUT2D eigenvalue weighted by Crippen LogP contribution is -2.05. The Morgan fingerprint density at radius 2 is 1.92 bits per heavy atom. The topological polar surface area (TPSA) is 26.0 Å². The van der Waals surface area contributed by atoms with E-state index in [-0.39, 0.29) is 0 Å². The highest BCUT2D eigenvalue weighted by molar-refractivity contribution is 5.77. The quantitative estimate of drug-likeness (QED) is 0.591. The van der Waals surface area contributed by atoms with Crippen LogP contribution in [0, 0.1) is 0 Å². The zero-order valence-electron chi connectivity index (χ0n) is 13.2. The van der Waals surface area contributed by atoms with E-state index in [1.54, 1.807) is 12.1 Å². The summed E-state index contributed by atoms with van der Waals surface area (Å²) in [6, 6.07) is 11.1. The molecule has 25 heavy (non-hydrogen) atoms. The highest BCUT2D eigenvalue weighted by atomic mass is 19.4. The molecular weight excluding hydrogens is 327 g/mol. The normalized spacial score (nSPS) is 13.2. The Balaban J connectivity index is 1.81. The predicted octanol–water partition coefficient (Wildman–Crippen LogP) is 5.77. The number of rotatable bonds is 2. The molecule has 0 saturated heterocycles. The molecule has 0 unspecified atom stereocenters. The molecule has 126 valence electrons. The summed E-state index contributed by atoms with van der Waals surface area (Å²) in [4.78, 5) is 0. The molecular formula is C20H14F3NO. The lowest BCUT2D eigenvalue weighted by molar-refractivity contribution is -0.137. The molecule has 0 aliphatic heterocycles. The van der Waals surface area contributed by atoms with Crippen molar-refractivity contribution in [3.8, 4) is 22.6 Å². The smallest absolute Gasteiger partial charge is 0.355 e. The Morgan fingerprint density at radius 1 is 1.08 bits per heavy atom. The van der Waals surface area contributed by atoms with Crippen molar-refractivity contribution < 1.29 is 17.7 Å². The predicted molar refractivity (Wildman–Crippen MR) is 89.9 cm³/mol. The third kappa shape index (κ3) is 2.65. The van der Waals surface area contributed by atoms with Crippen LogP contribution in [0.1, 0.15) is 22.3 Å². The van der Waals surface area contributed by atoms with E-state index in [4.69, 9.17) is 4.52 Å². The number of aromatic nitrogens is 1. The number of benzene rings is 2. The first kappa shape index (κ1) is 15.7. The standard InChI is InChI=1S/C20H14F3NO/c1-2-12-6-8-16-13(10-12)7-9-17-18(16)24-25-19(17)14-4-3-5-15(11-14)20(21,22)23/h2-6,8,10-11H,1,7,9H2. The molecule has 0 spiro atoms. The van der Waals surface area contributed by atoms with Crippen LogP contribution in [0.15, 0.2) is 53.6 Å². The third-order valence-corrected chi connectivity index (χ3v) is 4.50. The van der Waals surface area contributed by atoms with E-state index in [0.717, 1.165) is 40.8 Å². The van der Waals surface area contributed by atoms with Gasteiger partial charge in [-0.05, 0) is 36.1 Å². The van der Waals surface area contributed by atoms with Crippen LogP contribution in [0.3, 0.4) is 0 Å². The van der Waals surface area contributed by atoms with E-state index >= 15 is 0 Å². The molecule has 0 saturated carbocycles. The number of alkyl halides is 3. The van der Waals surface area contributed by atoms with Crippen molar-refractivity contribution in [1.82, 2.24) is 5.16 Å². The van der Waals surface area contributed by atoms with Gasteiger partial charge in [0.1, 0.15) is 5.69 Å². The summed E-state index contributed by atoms with van der Waals surface area (Å²) < 4.78 is 44.3. The summed E-state index contributed by atoms with van der Waals surface area (Å²) in [6.45, 7) is 3.77. The number of aryl methyl sites for hydroxylation is 1. The Morgan fingerprint density at radius 3 is 2.68 bits per heavy atom. The van der Waals surface area contributed by atoms with Gasteiger partial charge < -0.3 is 4.52 Å². The van der Waals surface area contributed by atoms with Crippen molar-refractivity contribution in [2.75, 3.05) is 0 Å². The SMILES string of the molecule is C=Cc1ccc2c(c1)CCc1c-2noc1-c1cccc(C(F)(F)F)c1. The maximum absolute atomic E-state index is 13.0. The number of fused-ring (bicyclic) bond motifs is 3. The van der Waals surface area contributed by atoms with E-state index in [1.165, 1.54) is 6.07 Å². The van der Waals surface area contributed by atoms with Gasteiger partial charge in [-0.3, -0.25) is 0 Å². The van der Waals surface area contributed by atoms with Crippen LogP contribution in [0.25, 0.3) is 28.7 Å². The summed E-state index contributed by atoms with van der Waals surface area (Å²) in [5.74, 6) is 0.416. The number of halogens is 3. The van der Waals surface area contributed by atoms with E-state index in [0.29, 0.717) is 23.4 Å². The summed E-state index contributed by atoms with van der Waals surface area (Å²) in [5.41, 5.74) is 4.42. The number of hydrogen-bond donors (Lipinski definition) is 0. The summed E-state index contributed by atoms with van der Waals surface area (Å²) >= 11 is 0. The highest BCUT2D eigenvalue weighted by Gasteiger charge is 2.31. The molecule has 2 nitrogen and oxygen atoms in total. The molecule has 0 N–H and O–H groups in total. The van der Waals surface area contributed by atoms with Gasteiger partial charge in [0.05, 0.1) is 5.56 Å². The molecule has 1 aliphatic carbocycles. The average Bonchev–Trinajstić information content (AvgIpc) is 3.05. The minimum Gasteiger partial charge on any atom is -0.355 e. The van der Waals surface area contributed by atoms with E-state index in [2.05, 4.69) is 17.8 Å². The molecule has 3 aromatic rings. The highest BCUT2D eigenvalue weighted by Crippen LogP contribution is 2.40. The largest absolute Gasteiger partial charge is 0.416 e. The van der Waals surface area contributed by atoms with Crippen LogP contribution in [0.2, 0.25) is 0 Å². The van der Waals surface area contributed by atoms with Gasteiger partial charge in [0.25, 0.3) is 0 Å². The average molecular weight is 341 g/mol. The maximum atomic E-state index is 13.0. The van der Waals surface area contributed by atoms with Crippen LogP contribution >= 0.6 is 0 Å². The first-order valence-corrected chi connectivity index (χ1v) is 7.89.